The molecule has 1 N–H and O–H groups in total. The number of hydrogen-bond donors (Lipinski definition) is 1. The molecule has 2 rings (SSSR count). The molecule has 16 heavy (non-hydrogen) atoms. The first-order valence-electron chi connectivity index (χ1n) is 5.82. The lowest BCUT2D eigenvalue weighted by Gasteiger charge is -2.11. The SMILES string of the molecule is CN(C)C(=O)CCNC1=NCC(C2CC2)S1. The second-order valence-corrected chi connectivity index (χ2v) is 5.83. The third kappa shape index (κ3) is 3.14. The molecule has 0 bridgehead atoms. The lowest BCUT2D eigenvalue weighted by molar-refractivity contribution is -0.128. The Hall–Kier alpha value is -0.710. The van der Waals surface area contributed by atoms with Crippen LogP contribution in [0.15, 0.2) is 4.99 Å². The highest BCUT2D eigenvalue weighted by atomic mass is 32.2. The maximum atomic E-state index is 11.3. The van der Waals surface area contributed by atoms with Crippen molar-refractivity contribution in [2.75, 3.05) is 27.2 Å². The van der Waals surface area contributed by atoms with Crippen molar-refractivity contribution in [3.8, 4) is 0 Å². The Morgan fingerprint density at radius 1 is 1.56 bits per heavy atom. The van der Waals surface area contributed by atoms with Gasteiger partial charge in [0.05, 0.1) is 6.54 Å². The average Bonchev–Trinajstić information content (AvgIpc) is 2.99. The average molecular weight is 241 g/mol. The Labute approximate surface area is 101 Å². The summed E-state index contributed by atoms with van der Waals surface area (Å²) in [5.74, 6) is 1.06. The Morgan fingerprint density at radius 3 is 2.94 bits per heavy atom. The fourth-order valence-corrected chi connectivity index (χ4v) is 2.94. The third-order valence-corrected chi connectivity index (χ3v) is 4.27. The van der Waals surface area contributed by atoms with Crippen LogP contribution >= 0.6 is 11.8 Å². The van der Waals surface area contributed by atoms with Crippen LogP contribution in [-0.4, -0.2) is 48.4 Å². The molecule has 90 valence electrons. The summed E-state index contributed by atoms with van der Waals surface area (Å²) in [6.45, 7) is 1.65. The molecular weight excluding hydrogens is 222 g/mol. The molecule has 4 nitrogen and oxygen atoms in total. The fourth-order valence-electron chi connectivity index (χ4n) is 1.70. The summed E-state index contributed by atoms with van der Waals surface area (Å²) in [6, 6.07) is 0. The molecule has 0 aromatic heterocycles. The second-order valence-electron chi connectivity index (χ2n) is 4.60. The minimum atomic E-state index is 0.162. The van der Waals surface area contributed by atoms with Gasteiger partial charge in [-0.25, -0.2) is 0 Å². The van der Waals surface area contributed by atoms with Gasteiger partial charge in [-0.1, -0.05) is 11.8 Å². The molecule has 0 aromatic rings. The molecule has 0 aromatic carbocycles. The molecule has 5 heteroatoms. The minimum absolute atomic E-state index is 0.162. The Balaban J connectivity index is 1.62. The molecule has 1 atom stereocenters. The molecule has 2 aliphatic rings. The highest BCUT2D eigenvalue weighted by molar-refractivity contribution is 8.14. The first-order valence-corrected chi connectivity index (χ1v) is 6.70. The number of carbonyl (C=O) groups excluding carboxylic acids is 1. The van der Waals surface area contributed by atoms with Crippen LogP contribution < -0.4 is 5.32 Å². The monoisotopic (exact) mass is 241 g/mol. The molecule has 1 unspecified atom stereocenters. The van der Waals surface area contributed by atoms with Gasteiger partial charge in [0.15, 0.2) is 5.17 Å². The number of rotatable bonds is 4. The second kappa shape index (κ2) is 5.08. The predicted molar refractivity (Wildman–Crippen MR) is 67.7 cm³/mol. The number of aliphatic imine (C=N–C) groups is 1. The largest absolute Gasteiger partial charge is 0.364 e. The van der Waals surface area contributed by atoms with E-state index in [0.717, 1.165) is 17.6 Å². The smallest absolute Gasteiger partial charge is 0.223 e. The Morgan fingerprint density at radius 2 is 2.31 bits per heavy atom. The van der Waals surface area contributed by atoms with E-state index in [0.29, 0.717) is 18.2 Å². The van der Waals surface area contributed by atoms with Crippen LogP contribution in [-0.2, 0) is 4.79 Å². The van der Waals surface area contributed by atoms with Crippen molar-refractivity contribution in [3.63, 3.8) is 0 Å². The van der Waals surface area contributed by atoms with E-state index < -0.39 is 0 Å². The van der Waals surface area contributed by atoms with Gasteiger partial charge in [-0.3, -0.25) is 9.79 Å². The van der Waals surface area contributed by atoms with Gasteiger partial charge in [-0.15, -0.1) is 0 Å². The van der Waals surface area contributed by atoms with E-state index in [-0.39, 0.29) is 5.91 Å². The van der Waals surface area contributed by atoms with E-state index in [9.17, 15) is 4.79 Å². The van der Waals surface area contributed by atoms with Gasteiger partial charge in [-0.2, -0.15) is 0 Å². The van der Waals surface area contributed by atoms with Gasteiger partial charge in [0.2, 0.25) is 5.91 Å². The van der Waals surface area contributed by atoms with E-state index in [2.05, 4.69) is 10.3 Å². The number of hydrogen-bond acceptors (Lipinski definition) is 4. The summed E-state index contributed by atoms with van der Waals surface area (Å²) in [6.07, 6.45) is 3.29. The highest BCUT2D eigenvalue weighted by Crippen LogP contribution is 2.41. The number of nitrogens with one attached hydrogen (secondary N) is 1. The predicted octanol–water partition coefficient (Wildman–Crippen LogP) is 0.936. The molecule has 1 aliphatic heterocycles. The van der Waals surface area contributed by atoms with Gasteiger partial charge < -0.3 is 10.2 Å². The molecule has 1 aliphatic carbocycles. The summed E-state index contributed by atoms with van der Waals surface area (Å²) in [5, 5.41) is 4.98. The Bertz CT molecular complexity index is 300. The summed E-state index contributed by atoms with van der Waals surface area (Å²) < 4.78 is 0. The van der Waals surface area contributed by atoms with Crippen molar-refractivity contribution < 1.29 is 4.79 Å². The number of carbonyl (C=O) groups is 1. The highest BCUT2D eigenvalue weighted by Gasteiger charge is 2.35. The topological polar surface area (TPSA) is 44.7 Å². The zero-order valence-electron chi connectivity index (χ0n) is 9.90. The minimum Gasteiger partial charge on any atom is -0.364 e. The Kier molecular flexibility index (Phi) is 3.74. The molecule has 0 saturated heterocycles. The van der Waals surface area contributed by atoms with Crippen molar-refractivity contribution in [2.45, 2.75) is 24.5 Å². The number of amides is 1. The summed E-state index contributed by atoms with van der Waals surface area (Å²) in [4.78, 5) is 17.4. The van der Waals surface area contributed by atoms with Gasteiger partial charge in [0.1, 0.15) is 0 Å². The van der Waals surface area contributed by atoms with Crippen molar-refractivity contribution >= 4 is 22.8 Å². The quantitative estimate of drug-likeness (QED) is 0.796. The summed E-state index contributed by atoms with van der Waals surface area (Å²) in [5.41, 5.74) is 0. The van der Waals surface area contributed by atoms with Crippen LogP contribution in [0.2, 0.25) is 0 Å². The standard InChI is InChI=1S/C11H19N3OS/c1-14(2)10(15)5-6-12-11-13-7-9(16-11)8-3-4-8/h8-9H,3-7H2,1-2H3,(H,12,13). The van der Waals surface area contributed by atoms with E-state index in [1.54, 1.807) is 19.0 Å². The van der Waals surface area contributed by atoms with Crippen LogP contribution in [0.4, 0.5) is 0 Å². The van der Waals surface area contributed by atoms with Crippen LogP contribution in [0.1, 0.15) is 19.3 Å². The first kappa shape index (κ1) is 11.8. The van der Waals surface area contributed by atoms with E-state index in [4.69, 9.17) is 0 Å². The fraction of sp³-hybridized carbons (Fsp3) is 0.818. The van der Waals surface area contributed by atoms with E-state index >= 15 is 0 Å². The third-order valence-electron chi connectivity index (χ3n) is 2.94. The molecule has 1 amide bonds. The summed E-state index contributed by atoms with van der Waals surface area (Å²) in [7, 11) is 3.57. The zero-order chi connectivity index (χ0) is 11.5. The van der Waals surface area contributed by atoms with Crippen molar-refractivity contribution in [3.05, 3.63) is 0 Å². The number of nitrogens with zero attached hydrogens (tertiary/aromatic N) is 2. The van der Waals surface area contributed by atoms with Gasteiger partial charge in [-0.05, 0) is 18.8 Å². The van der Waals surface area contributed by atoms with Crippen molar-refractivity contribution in [2.24, 2.45) is 10.9 Å². The van der Waals surface area contributed by atoms with Crippen LogP contribution in [0, 0.1) is 5.92 Å². The van der Waals surface area contributed by atoms with Gasteiger partial charge >= 0.3 is 0 Å². The number of thioether (sulfide) groups is 1. The van der Waals surface area contributed by atoms with Crippen molar-refractivity contribution in [1.82, 2.24) is 10.2 Å². The number of amidine groups is 1. The van der Waals surface area contributed by atoms with Gasteiger partial charge in [0, 0.05) is 32.3 Å². The van der Waals surface area contributed by atoms with Crippen LogP contribution in [0.3, 0.4) is 0 Å². The lowest BCUT2D eigenvalue weighted by Crippen LogP contribution is -2.28. The molecule has 1 fully saturated rings. The molecule has 0 spiro atoms. The maximum Gasteiger partial charge on any atom is 0.223 e. The molecular formula is C11H19N3OS. The zero-order valence-corrected chi connectivity index (χ0v) is 10.7. The lowest BCUT2D eigenvalue weighted by atomic mass is 10.3. The van der Waals surface area contributed by atoms with E-state index in [1.807, 2.05) is 11.8 Å². The maximum absolute atomic E-state index is 11.3. The van der Waals surface area contributed by atoms with Crippen LogP contribution in [0.25, 0.3) is 0 Å². The summed E-state index contributed by atoms with van der Waals surface area (Å²) >= 11 is 1.86. The van der Waals surface area contributed by atoms with Gasteiger partial charge in [0.25, 0.3) is 0 Å². The van der Waals surface area contributed by atoms with Crippen LogP contribution in [0.5, 0.6) is 0 Å². The molecule has 1 heterocycles. The first-order chi connectivity index (χ1) is 7.66. The molecule has 0 radical (unpaired) electrons. The molecule has 1 saturated carbocycles. The van der Waals surface area contributed by atoms with E-state index in [1.165, 1.54) is 12.8 Å². The normalized spacial score (nSPS) is 24.1. The van der Waals surface area contributed by atoms with Crippen molar-refractivity contribution in [1.29, 1.82) is 0 Å².